The van der Waals surface area contributed by atoms with E-state index in [-0.39, 0.29) is 22.5 Å². The van der Waals surface area contributed by atoms with Crippen LogP contribution in [0.15, 0.2) is 60.7 Å². The molecule has 0 atom stereocenters. The lowest BCUT2D eigenvalue weighted by atomic mass is 10.1. The molecule has 9 nitrogen and oxygen atoms in total. The van der Waals surface area contributed by atoms with E-state index in [0.717, 1.165) is 0 Å². The number of benzene rings is 3. The van der Waals surface area contributed by atoms with Crippen LogP contribution in [0.1, 0.15) is 31.1 Å². The van der Waals surface area contributed by atoms with Crippen molar-refractivity contribution in [1.82, 2.24) is 4.90 Å². The fourth-order valence-corrected chi connectivity index (χ4v) is 3.17. The zero-order valence-electron chi connectivity index (χ0n) is 19.2. The molecular formula is C25H25N3O6. The summed E-state index contributed by atoms with van der Waals surface area (Å²) in [7, 11) is 5.98. The van der Waals surface area contributed by atoms with Crippen LogP contribution in [0.2, 0.25) is 0 Å². The molecule has 3 N–H and O–H groups in total. The first-order valence-corrected chi connectivity index (χ1v) is 10.2. The second kappa shape index (κ2) is 10.4. The van der Waals surface area contributed by atoms with Gasteiger partial charge in [0.25, 0.3) is 17.7 Å². The number of ether oxygens (including phenoxy) is 2. The van der Waals surface area contributed by atoms with E-state index in [1.807, 2.05) is 0 Å². The third-order valence-electron chi connectivity index (χ3n) is 4.93. The van der Waals surface area contributed by atoms with Crippen LogP contribution < -0.4 is 20.1 Å². The van der Waals surface area contributed by atoms with Crippen molar-refractivity contribution >= 4 is 29.1 Å². The first-order valence-electron chi connectivity index (χ1n) is 10.2. The van der Waals surface area contributed by atoms with Gasteiger partial charge in [0.1, 0.15) is 0 Å². The zero-order chi connectivity index (χ0) is 24.8. The molecule has 0 aliphatic heterocycles. The van der Waals surface area contributed by atoms with Crippen molar-refractivity contribution in [1.29, 1.82) is 0 Å². The van der Waals surface area contributed by atoms with Crippen LogP contribution in [0.3, 0.4) is 0 Å². The number of anilines is 2. The average Bonchev–Trinajstić information content (AvgIpc) is 2.85. The van der Waals surface area contributed by atoms with Gasteiger partial charge >= 0.3 is 0 Å². The summed E-state index contributed by atoms with van der Waals surface area (Å²) in [6.45, 7) is 0. The third kappa shape index (κ3) is 5.26. The summed E-state index contributed by atoms with van der Waals surface area (Å²) in [4.78, 5) is 39.4. The molecular weight excluding hydrogens is 438 g/mol. The molecule has 0 aliphatic rings. The van der Waals surface area contributed by atoms with E-state index in [0.29, 0.717) is 17.1 Å². The summed E-state index contributed by atoms with van der Waals surface area (Å²) in [5.41, 5.74) is 0.733. The van der Waals surface area contributed by atoms with E-state index in [1.165, 1.54) is 57.5 Å². The summed E-state index contributed by atoms with van der Waals surface area (Å²) in [6, 6.07) is 15.8. The topological polar surface area (TPSA) is 117 Å². The van der Waals surface area contributed by atoms with Crippen LogP contribution in [0.25, 0.3) is 0 Å². The Morgan fingerprint density at radius 1 is 0.794 bits per heavy atom. The van der Waals surface area contributed by atoms with E-state index in [4.69, 9.17) is 9.47 Å². The van der Waals surface area contributed by atoms with Gasteiger partial charge in [0, 0.05) is 30.9 Å². The molecule has 0 radical (unpaired) electrons. The molecule has 0 bridgehead atoms. The summed E-state index contributed by atoms with van der Waals surface area (Å²) in [6.07, 6.45) is 0. The van der Waals surface area contributed by atoms with Crippen molar-refractivity contribution in [3.8, 4) is 17.2 Å². The summed E-state index contributed by atoms with van der Waals surface area (Å²) >= 11 is 0. The Morgan fingerprint density at radius 3 is 2.06 bits per heavy atom. The van der Waals surface area contributed by atoms with Crippen molar-refractivity contribution in [2.45, 2.75) is 0 Å². The van der Waals surface area contributed by atoms with Crippen molar-refractivity contribution in [2.24, 2.45) is 0 Å². The van der Waals surface area contributed by atoms with E-state index < -0.39 is 23.5 Å². The van der Waals surface area contributed by atoms with Gasteiger partial charge in [-0.05, 0) is 42.5 Å². The smallest absolute Gasteiger partial charge is 0.257 e. The Balaban J connectivity index is 1.97. The molecule has 0 aromatic heterocycles. The predicted molar refractivity (Wildman–Crippen MR) is 128 cm³/mol. The van der Waals surface area contributed by atoms with E-state index in [9.17, 15) is 19.5 Å². The van der Waals surface area contributed by atoms with Crippen molar-refractivity contribution in [3.63, 3.8) is 0 Å². The predicted octanol–water partition coefficient (Wildman–Crippen LogP) is 3.62. The Hall–Kier alpha value is -4.53. The zero-order valence-corrected chi connectivity index (χ0v) is 19.2. The minimum absolute atomic E-state index is 0.0455. The quantitative estimate of drug-likeness (QED) is 0.364. The number of rotatable bonds is 7. The maximum absolute atomic E-state index is 12.9. The number of nitrogens with zero attached hydrogens (tertiary/aromatic N) is 1. The molecule has 0 aliphatic carbocycles. The lowest BCUT2D eigenvalue weighted by Crippen LogP contribution is -2.23. The van der Waals surface area contributed by atoms with Crippen LogP contribution in [-0.4, -0.2) is 56.0 Å². The number of amides is 3. The summed E-state index contributed by atoms with van der Waals surface area (Å²) in [5, 5.41) is 16.0. The fraction of sp³-hybridized carbons (Fsp3) is 0.160. The van der Waals surface area contributed by atoms with Crippen LogP contribution >= 0.6 is 0 Å². The van der Waals surface area contributed by atoms with Gasteiger partial charge in [-0.3, -0.25) is 14.4 Å². The fourth-order valence-electron chi connectivity index (χ4n) is 3.17. The first-order chi connectivity index (χ1) is 16.2. The molecule has 0 fully saturated rings. The highest BCUT2D eigenvalue weighted by molar-refractivity contribution is 6.09. The maximum atomic E-state index is 12.9. The van der Waals surface area contributed by atoms with E-state index in [1.54, 1.807) is 36.4 Å². The van der Waals surface area contributed by atoms with Crippen LogP contribution in [-0.2, 0) is 0 Å². The van der Waals surface area contributed by atoms with Gasteiger partial charge in [0.15, 0.2) is 17.2 Å². The molecule has 34 heavy (non-hydrogen) atoms. The monoisotopic (exact) mass is 463 g/mol. The van der Waals surface area contributed by atoms with Gasteiger partial charge in [-0.15, -0.1) is 0 Å². The SMILES string of the molecule is COc1ccc(C(=O)Nc2cc(NC(=O)c3ccccc3)cc(C(=O)N(C)C)c2O)cc1OC. The molecule has 3 aromatic carbocycles. The molecule has 3 aromatic rings. The number of methoxy groups -OCH3 is 2. The van der Waals surface area contributed by atoms with Gasteiger partial charge in [0.2, 0.25) is 0 Å². The highest BCUT2D eigenvalue weighted by Crippen LogP contribution is 2.34. The number of aromatic hydroxyl groups is 1. The van der Waals surface area contributed by atoms with Crippen molar-refractivity contribution in [3.05, 3.63) is 77.4 Å². The van der Waals surface area contributed by atoms with E-state index in [2.05, 4.69) is 10.6 Å². The largest absolute Gasteiger partial charge is 0.505 e. The normalized spacial score (nSPS) is 10.2. The molecule has 0 unspecified atom stereocenters. The number of phenols is 1. The van der Waals surface area contributed by atoms with Crippen LogP contribution in [0.4, 0.5) is 11.4 Å². The number of hydrogen-bond donors (Lipinski definition) is 3. The lowest BCUT2D eigenvalue weighted by molar-refractivity contribution is 0.0823. The van der Waals surface area contributed by atoms with Crippen LogP contribution in [0.5, 0.6) is 17.2 Å². The highest BCUT2D eigenvalue weighted by atomic mass is 16.5. The molecule has 3 amide bonds. The third-order valence-corrected chi connectivity index (χ3v) is 4.93. The first kappa shape index (κ1) is 24.1. The Bertz CT molecular complexity index is 1220. The lowest BCUT2D eigenvalue weighted by Gasteiger charge is -2.17. The second-order valence-corrected chi connectivity index (χ2v) is 7.46. The summed E-state index contributed by atoms with van der Waals surface area (Å²) < 4.78 is 10.4. The van der Waals surface area contributed by atoms with Gasteiger partial charge < -0.3 is 30.1 Å². The second-order valence-electron chi connectivity index (χ2n) is 7.46. The number of hydrogen-bond acceptors (Lipinski definition) is 6. The molecule has 3 rings (SSSR count). The van der Waals surface area contributed by atoms with Crippen molar-refractivity contribution < 1.29 is 29.0 Å². The molecule has 9 heteroatoms. The number of nitrogens with one attached hydrogen (secondary N) is 2. The highest BCUT2D eigenvalue weighted by Gasteiger charge is 2.21. The number of carbonyl (C=O) groups excluding carboxylic acids is 3. The Morgan fingerprint density at radius 2 is 1.44 bits per heavy atom. The minimum atomic E-state index is -0.564. The molecule has 0 saturated heterocycles. The van der Waals surface area contributed by atoms with Gasteiger partial charge in [-0.1, -0.05) is 18.2 Å². The average molecular weight is 463 g/mol. The number of phenolic OH excluding ortho intramolecular Hbond substituents is 1. The van der Waals surface area contributed by atoms with E-state index >= 15 is 0 Å². The Labute approximate surface area is 196 Å². The molecule has 0 spiro atoms. The summed E-state index contributed by atoms with van der Waals surface area (Å²) in [5.74, 6) is -1.10. The van der Waals surface area contributed by atoms with Gasteiger partial charge in [-0.25, -0.2) is 0 Å². The maximum Gasteiger partial charge on any atom is 0.257 e. The van der Waals surface area contributed by atoms with Gasteiger partial charge in [-0.2, -0.15) is 0 Å². The Kier molecular flexibility index (Phi) is 7.37. The molecule has 0 heterocycles. The molecule has 176 valence electrons. The van der Waals surface area contributed by atoms with Crippen LogP contribution in [0, 0.1) is 0 Å². The molecule has 0 saturated carbocycles. The van der Waals surface area contributed by atoms with Crippen molar-refractivity contribution in [2.75, 3.05) is 38.9 Å². The van der Waals surface area contributed by atoms with Gasteiger partial charge in [0.05, 0.1) is 25.5 Å². The number of carbonyl (C=O) groups is 3. The minimum Gasteiger partial charge on any atom is -0.505 e. The standard InChI is InChI=1S/C25H25N3O6/c1-28(2)25(32)18-13-17(26-23(30)15-8-6-5-7-9-15)14-19(22(18)29)27-24(31)16-10-11-20(33-3)21(12-16)34-4/h5-14,29H,1-4H3,(H,26,30)(H,27,31).